The fourth-order valence-electron chi connectivity index (χ4n) is 2.33. The van der Waals surface area contributed by atoms with Crippen molar-refractivity contribution >= 4 is 12.4 Å². The van der Waals surface area contributed by atoms with Crippen LogP contribution in [0.2, 0.25) is 0 Å². The summed E-state index contributed by atoms with van der Waals surface area (Å²) < 4.78 is 26.0. The van der Waals surface area contributed by atoms with Gasteiger partial charge in [0.05, 0.1) is 6.61 Å². The van der Waals surface area contributed by atoms with Gasteiger partial charge in [-0.05, 0) is 17.7 Å². The Morgan fingerprint density at radius 3 is 2.61 bits per heavy atom. The first kappa shape index (κ1) is 15.3. The van der Waals surface area contributed by atoms with Crippen LogP contribution >= 0.6 is 12.4 Å². The number of hydrogen-bond donors (Lipinski definition) is 2. The molecule has 0 unspecified atom stereocenters. The average molecular weight is 279 g/mol. The maximum Gasteiger partial charge on any atom is 0.159 e. The lowest BCUT2D eigenvalue weighted by Crippen LogP contribution is -2.29. The fraction of sp³-hybridized carbons (Fsp3) is 0.500. The number of halogens is 3. The lowest BCUT2D eigenvalue weighted by molar-refractivity contribution is 0.219. The lowest BCUT2D eigenvalue weighted by Gasteiger charge is -2.15. The summed E-state index contributed by atoms with van der Waals surface area (Å²) in [6.07, 6.45) is 0. The van der Waals surface area contributed by atoms with Crippen LogP contribution in [0.4, 0.5) is 8.78 Å². The van der Waals surface area contributed by atoms with E-state index in [1.807, 2.05) is 4.90 Å². The number of hydrogen-bond acceptors (Lipinski definition) is 3. The number of β-amino-alcohol motifs (C(OH)–C–C–N with tert-alkyl or cyclic N) is 1. The molecule has 0 saturated carbocycles. The molecule has 1 saturated heterocycles. The Balaban J connectivity index is 0.00000162. The number of benzene rings is 1. The van der Waals surface area contributed by atoms with Crippen LogP contribution < -0.4 is 5.73 Å². The molecule has 3 N–H and O–H groups in total. The maximum absolute atomic E-state index is 13.1. The molecule has 102 valence electrons. The van der Waals surface area contributed by atoms with E-state index in [0.29, 0.717) is 19.6 Å². The predicted octanol–water partition coefficient (Wildman–Crippen LogP) is 1.11. The second kappa shape index (κ2) is 6.43. The standard InChI is InChI=1S/C12H16F2N2O.ClH/c13-10-2-1-8(5-11(10)14)9-6-16(3-4-17)7-12(9)15;/h1-2,5,9,12,17H,3-4,6-7,15H2;1H/t9-,12+;/m0./s1. The summed E-state index contributed by atoms with van der Waals surface area (Å²) >= 11 is 0. The molecule has 18 heavy (non-hydrogen) atoms. The van der Waals surface area contributed by atoms with E-state index in [4.69, 9.17) is 10.8 Å². The molecule has 0 aliphatic carbocycles. The Morgan fingerprint density at radius 1 is 1.28 bits per heavy atom. The van der Waals surface area contributed by atoms with Crippen LogP contribution in [0, 0.1) is 11.6 Å². The van der Waals surface area contributed by atoms with E-state index < -0.39 is 11.6 Å². The molecular weight excluding hydrogens is 262 g/mol. The Hall–Kier alpha value is -0.750. The molecule has 1 aromatic carbocycles. The van der Waals surface area contributed by atoms with Crippen molar-refractivity contribution in [3.8, 4) is 0 Å². The van der Waals surface area contributed by atoms with Crippen LogP contribution in [0.3, 0.4) is 0 Å². The summed E-state index contributed by atoms with van der Waals surface area (Å²) in [5.74, 6) is -1.68. The molecule has 0 spiro atoms. The van der Waals surface area contributed by atoms with Crippen LogP contribution in [0.5, 0.6) is 0 Å². The Kier molecular flexibility index (Phi) is 5.47. The van der Waals surface area contributed by atoms with Crippen LogP contribution in [-0.2, 0) is 0 Å². The molecule has 2 rings (SSSR count). The van der Waals surface area contributed by atoms with Crippen molar-refractivity contribution in [2.75, 3.05) is 26.2 Å². The molecule has 0 radical (unpaired) electrons. The van der Waals surface area contributed by atoms with Gasteiger partial charge in [-0.25, -0.2) is 8.78 Å². The number of nitrogens with two attached hydrogens (primary N) is 1. The van der Waals surface area contributed by atoms with Crippen molar-refractivity contribution < 1.29 is 13.9 Å². The maximum atomic E-state index is 13.1. The molecule has 1 heterocycles. The van der Waals surface area contributed by atoms with Crippen LogP contribution in [-0.4, -0.2) is 42.3 Å². The minimum atomic E-state index is -0.840. The van der Waals surface area contributed by atoms with Gasteiger partial charge < -0.3 is 10.8 Å². The molecule has 1 fully saturated rings. The number of aliphatic hydroxyl groups excluding tert-OH is 1. The highest BCUT2D eigenvalue weighted by Gasteiger charge is 2.31. The molecule has 1 aliphatic rings. The van der Waals surface area contributed by atoms with Gasteiger partial charge in [0.2, 0.25) is 0 Å². The lowest BCUT2D eigenvalue weighted by atomic mass is 9.95. The Bertz CT molecular complexity index is 406. The van der Waals surface area contributed by atoms with Gasteiger partial charge in [0.15, 0.2) is 11.6 Å². The average Bonchev–Trinajstić information content (AvgIpc) is 2.64. The molecule has 3 nitrogen and oxygen atoms in total. The van der Waals surface area contributed by atoms with Crippen molar-refractivity contribution in [2.24, 2.45) is 5.73 Å². The van der Waals surface area contributed by atoms with Gasteiger partial charge in [0.25, 0.3) is 0 Å². The highest BCUT2D eigenvalue weighted by molar-refractivity contribution is 5.85. The van der Waals surface area contributed by atoms with E-state index in [1.165, 1.54) is 6.07 Å². The molecule has 0 aromatic heterocycles. The van der Waals surface area contributed by atoms with Crippen molar-refractivity contribution in [1.29, 1.82) is 0 Å². The predicted molar refractivity (Wildman–Crippen MR) is 67.8 cm³/mol. The first-order valence-electron chi connectivity index (χ1n) is 5.65. The fourth-order valence-corrected chi connectivity index (χ4v) is 2.33. The van der Waals surface area contributed by atoms with E-state index in [-0.39, 0.29) is 31.0 Å². The molecule has 0 amide bonds. The SMILES string of the molecule is Cl.N[C@@H]1CN(CCO)C[C@H]1c1ccc(F)c(F)c1. The summed E-state index contributed by atoms with van der Waals surface area (Å²) in [6.45, 7) is 1.99. The normalized spacial score (nSPS) is 24.0. The minimum absolute atomic E-state index is 0. The van der Waals surface area contributed by atoms with Crippen molar-refractivity contribution in [3.63, 3.8) is 0 Å². The summed E-state index contributed by atoms with van der Waals surface area (Å²) in [5, 5.41) is 8.86. The highest BCUT2D eigenvalue weighted by Crippen LogP contribution is 2.27. The van der Waals surface area contributed by atoms with Gasteiger partial charge in [0.1, 0.15) is 0 Å². The van der Waals surface area contributed by atoms with Gasteiger partial charge in [-0.1, -0.05) is 6.07 Å². The quantitative estimate of drug-likeness (QED) is 0.871. The summed E-state index contributed by atoms with van der Waals surface area (Å²) in [5.41, 5.74) is 6.70. The molecule has 1 aliphatic heterocycles. The topological polar surface area (TPSA) is 49.5 Å². The number of nitrogens with zero attached hydrogens (tertiary/aromatic N) is 1. The van der Waals surface area contributed by atoms with Crippen LogP contribution in [0.25, 0.3) is 0 Å². The zero-order chi connectivity index (χ0) is 12.4. The smallest absolute Gasteiger partial charge is 0.159 e. The van der Waals surface area contributed by atoms with E-state index in [1.54, 1.807) is 6.07 Å². The minimum Gasteiger partial charge on any atom is -0.395 e. The third-order valence-electron chi connectivity index (χ3n) is 3.23. The number of rotatable bonds is 3. The Morgan fingerprint density at radius 2 is 2.00 bits per heavy atom. The molecular formula is C12H17ClF2N2O. The summed E-state index contributed by atoms with van der Waals surface area (Å²) in [4.78, 5) is 2.02. The van der Waals surface area contributed by atoms with Gasteiger partial charge in [-0.2, -0.15) is 0 Å². The van der Waals surface area contributed by atoms with Crippen molar-refractivity contribution in [3.05, 3.63) is 35.4 Å². The summed E-state index contributed by atoms with van der Waals surface area (Å²) in [6, 6.07) is 3.81. The van der Waals surface area contributed by atoms with Crippen LogP contribution in [0.1, 0.15) is 11.5 Å². The van der Waals surface area contributed by atoms with Gasteiger partial charge in [-0.3, -0.25) is 4.90 Å². The monoisotopic (exact) mass is 278 g/mol. The first-order valence-corrected chi connectivity index (χ1v) is 5.65. The molecule has 0 bridgehead atoms. The van der Waals surface area contributed by atoms with Gasteiger partial charge >= 0.3 is 0 Å². The summed E-state index contributed by atoms with van der Waals surface area (Å²) in [7, 11) is 0. The third-order valence-corrected chi connectivity index (χ3v) is 3.23. The van der Waals surface area contributed by atoms with Crippen molar-refractivity contribution in [2.45, 2.75) is 12.0 Å². The van der Waals surface area contributed by atoms with E-state index in [0.717, 1.165) is 11.6 Å². The number of aliphatic hydroxyl groups is 1. The van der Waals surface area contributed by atoms with E-state index in [9.17, 15) is 8.78 Å². The van der Waals surface area contributed by atoms with E-state index in [2.05, 4.69) is 0 Å². The number of likely N-dealkylation sites (tertiary alicyclic amines) is 1. The second-order valence-electron chi connectivity index (χ2n) is 4.43. The first-order chi connectivity index (χ1) is 8.11. The third kappa shape index (κ3) is 3.17. The zero-order valence-corrected chi connectivity index (χ0v) is 10.7. The second-order valence-corrected chi connectivity index (χ2v) is 4.43. The van der Waals surface area contributed by atoms with Gasteiger partial charge in [0, 0.05) is 31.6 Å². The van der Waals surface area contributed by atoms with Crippen LogP contribution in [0.15, 0.2) is 18.2 Å². The zero-order valence-electron chi connectivity index (χ0n) is 9.85. The van der Waals surface area contributed by atoms with Gasteiger partial charge in [-0.15, -0.1) is 12.4 Å². The van der Waals surface area contributed by atoms with E-state index >= 15 is 0 Å². The molecule has 2 atom stereocenters. The molecule has 6 heteroatoms. The van der Waals surface area contributed by atoms with Crippen molar-refractivity contribution in [1.82, 2.24) is 4.90 Å². The Labute approximate surface area is 111 Å². The highest BCUT2D eigenvalue weighted by atomic mass is 35.5. The largest absolute Gasteiger partial charge is 0.395 e. The molecule has 1 aromatic rings.